The first-order valence-corrected chi connectivity index (χ1v) is 12.1. The Bertz CT molecular complexity index is 1480. The smallest absolute Gasteiger partial charge is 0.359 e. The Morgan fingerprint density at radius 3 is 2.57 bits per heavy atom. The third-order valence-electron chi connectivity index (χ3n) is 4.91. The number of aromatic nitrogens is 2. The van der Waals surface area contributed by atoms with Gasteiger partial charge in [0.1, 0.15) is 10.8 Å². The Kier molecular flexibility index (Phi) is 7.39. The molecule has 2 aromatic heterocycles. The largest absolute Gasteiger partial charge is 0.482 e. The van der Waals surface area contributed by atoms with Crippen LogP contribution in [0.15, 0.2) is 52.6 Å². The van der Waals surface area contributed by atoms with E-state index in [0.29, 0.717) is 16.1 Å². The lowest BCUT2D eigenvalue weighted by atomic mass is 10.2. The van der Waals surface area contributed by atoms with Crippen molar-refractivity contribution in [2.75, 3.05) is 18.5 Å². The van der Waals surface area contributed by atoms with Gasteiger partial charge in [-0.1, -0.05) is 40.9 Å². The molecule has 0 saturated heterocycles. The van der Waals surface area contributed by atoms with Gasteiger partial charge in [-0.2, -0.15) is 9.78 Å². The number of halogens is 2. The van der Waals surface area contributed by atoms with E-state index in [0.717, 1.165) is 21.6 Å². The number of anilines is 1. The Balaban J connectivity index is 1.70. The molecule has 0 saturated carbocycles. The molecule has 0 unspecified atom stereocenters. The summed E-state index contributed by atoms with van der Waals surface area (Å²) in [4.78, 5) is 38.7. The lowest BCUT2D eigenvalue weighted by Crippen LogP contribution is -2.26. The topological polar surface area (TPSA) is 99.5 Å². The van der Waals surface area contributed by atoms with Crippen molar-refractivity contribution in [3.8, 4) is 11.4 Å². The van der Waals surface area contributed by atoms with Crippen LogP contribution in [0.5, 0.6) is 5.75 Å². The highest BCUT2D eigenvalue weighted by atomic mass is 35.5. The number of hydrogen-bond acceptors (Lipinski definition) is 7. The Labute approximate surface area is 214 Å². The lowest BCUT2D eigenvalue weighted by Gasteiger charge is -2.11. The summed E-state index contributed by atoms with van der Waals surface area (Å²) in [5.74, 6) is -0.900. The highest BCUT2D eigenvalue weighted by Gasteiger charge is 2.23. The van der Waals surface area contributed by atoms with Crippen molar-refractivity contribution in [3.63, 3.8) is 0 Å². The molecule has 0 fully saturated rings. The quantitative estimate of drug-likeness (QED) is 0.326. The van der Waals surface area contributed by atoms with Crippen LogP contribution < -0.4 is 15.6 Å². The van der Waals surface area contributed by atoms with Crippen LogP contribution in [0, 0.1) is 6.92 Å². The fourth-order valence-electron chi connectivity index (χ4n) is 3.25. The van der Waals surface area contributed by atoms with E-state index in [4.69, 9.17) is 32.7 Å². The maximum Gasteiger partial charge on any atom is 0.359 e. The summed E-state index contributed by atoms with van der Waals surface area (Å²) in [6.07, 6.45) is 0. The molecule has 0 bridgehead atoms. The molecule has 2 heterocycles. The summed E-state index contributed by atoms with van der Waals surface area (Å²) < 4.78 is 11.7. The van der Waals surface area contributed by atoms with Gasteiger partial charge in [0, 0.05) is 15.8 Å². The van der Waals surface area contributed by atoms with E-state index in [1.807, 2.05) is 19.1 Å². The summed E-state index contributed by atoms with van der Waals surface area (Å²) in [6.45, 7) is 3.38. The summed E-state index contributed by atoms with van der Waals surface area (Å²) >= 11 is 13.1. The van der Waals surface area contributed by atoms with Gasteiger partial charge in [0.15, 0.2) is 12.3 Å². The number of amides is 1. The van der Waals surface area contributed by atoms with Crippen LogP contribution in [-0.2, 0) is 9.53 Å². The molecular formula is C24H19Cl2N3O5S. The normalized spacial score (nSPS) is 10.9. The van der Waals surface area contributed by atoms with Gasteiger partial charge in [-0.15, -0.1) is 11.3 Å². The molecule has 11 heteroatoms. The number of hydrogen-bond donors (Lipinski definition) is 1. The van der Waals surface area contributed by atoms with Gasteiger partial charge in [0.05, 0.1) is 22.7 Å². The number of nitrogens with one attached hydrogen (secondary N) is 1. The van der Waals surface area contributed by atoms with Crippen LogP contribution in [-0.4, -0.2) is 34.9 Å². The average molecular weight is 532 g/mol. The maximum atomic E-state index is 13.4. The zero-order valence-corrected chi connectivity index (χ0v) is 21.0. The first-order valence-electron chi connectivity index (χ1n) is 10.4. The molecule has 180 valence electrons. The van der Waals surface area contributed by atoms with Crippen LogP contribution in [0.1, 0.15) is 23.0 Å². The molecule has 4 aromatic rings. The number of nitrogens with zero attached hydrogens (tertiary/aromatic N) is 2. The van der Waals surface area contributed by atoms with E-state index in [2.05, 4.69) is 10.4 Å². The molecule has 1 amide bonds. The number of carbonyl (C=O) groups excluding carboxylic acids is 2. The third kappa shape index (κ3) is 5.32. The summed E-state index contributed by atoms with van der Waals surface area (Å²) in [6, 6.07) is 11.7. The average Bonchev–Trinajstić information content (AvgIpc) is 3.23. The van der Waals surface area contributed by atoms with E-state index in [-0.39, 0.29) is 40.1 Å². The lowest BCUT2D eigenvalue weighted by molar-refractivity contribution is -0.118. The molecule has 2 aromatic carbocycles. The molecule has 0 spiro atoms. The molecule has 0 radical (unpaired) electrons. The summed E-state index contributed by atoms with van der Waals surface area (Å²) in [5, 5.41) is 9.94. The van der Waals surface area contributed by atoms with Crippen molar-refractivity contribution >= 4 is 62.2 Å². The number of thiophene rings is 1. The van der Waals surface area contributed by atoms with Gasteiger partial charge in [0.25, 0.3) is 11.5 Å². The number of rotatable bonds is 7. The fourth-order valence-corrected chi connectivity index (χ4v) is 4.67. The molecule has 4 rings (SSSR count). The molecule has 35 heavy (non-hydrogen) atoms. The van der Waals surface area contributed by atoms with Crippen molar-refractivity contribution in [2.45, 2.75) is 13.8 Å². The monoisotopic (exact) mass is 531 g/mol. The summed E-state index contributed by atoms with van der Waals surface area (Å²) in [5.41, 5.74) is 0.952. The van der Waals surface area contributed by atoms with Gasteiger partial charge in [-0.05, 0) is 44.2 Å². The fraction of sp³-hybridized carbons (Fsp3) is 0.167. The van der Waals surface area contributed by atoms with Crippen molar-refractivity contribution in [1.29, 1.82) is 0 Å². The maximum absolute atomic E-state index is 13.4. The zero-order chi connectivity index (χ0) is 25.1. The number of ether oxygens (including phenoxy) is 2. The number of esters is 1. The minimum absolute atomic E-state index is 0.0250. The van der Waals surface area contributed by atoms with Crippen LogP contribution in [0.4, 0.5) is 5.00 Å². The minimum atomic E-state index is -0.672. The van der Waals surface area contributed by atoms with Gasteiger partial charge >= 0.3 is 5.97 Å². The minimum Gasteiger partial charge on any atom is -0.482 e. The molecule has 0 aliphatic carbocycles. The van der Waals surface area contributed by atoms with E-state index in [1.165, 1.54) is 6.07 Å². The Morgan fingerprint density at radius 1 is 1.14 bits per heavy atom. The first kappa shape index (κ1) is 24.7. The SMILES string of the molecule is CCOC(=O)c1nn(-c2ccc(C)cc2)c(=O)c2c(NC(=O)COc3ccc(Cl)cc3Cl)scc12. The summed E-state index contributed by atoms with van der Waals surface area (Å²) in [7, 11) is 0. The first-order chi connectivity index (χ1) is 16.8. The second kappa shape index (κ2) is 10.5. The number of fused-ring (bicyclic) bond motifs is 1. The standard InChI is InChI=1S/C24H19Cl2N3O5S/c1-3-33-24(32)21-16-12-35-22(27-19(30)11-34-18-9-6-14(25)10-17(18)26)20(16)23(31)29(28-21)15-7-4-13(2)5-8-15/h4-10,12H,3,11H2,1-2H3,(H,27,30). The van der Waals surface area contributed by atoms with Crippen LogP contribution in [0.3, 0.4) is 0 Å². The number of aryl methyl sites for hydroxylation is 1. The van der Waals surface area contributed by atoms with Gasteiger partial charge < -0.3 is 14.8 Å². The van der Waals surface area contributed by atoms with Crippen LogP contribution in [0.2, 0.25) is 10.0 Å². The Morgan fingerprint density at radius 2 is 1.89 bits per heavy atom. The second-order valence-electron chi connectivity index (χ2n) is 7.39. The van der Waals surface area contributed by atoms with Crippen molar-refractivity contribution in [3.05, 3.63) is 79.5 Å². The molecule has 8 nitrogen and oxygen atoms in total. The molecule has 1 N–H and O–H groups in total. The molecule has 0 aliphatic heterocycles. The van der Waals surface area contributed by atoms with Crippen LogP contribution >= 0.6 is 34.5 Å². The molecule has 0 atom stereocenters. The van der Waals surface area contributed by atoms with E-state index >= 15 is 0 Å². The highest BCUT2D eigenvalue weighted by Crippen LogP contribution is 2.31. The van der Waals surface area contributed by atoms with Crippen LogP contribution in [0.25, 0.3) is 16.5 Å². The van der Waals surface area contributed by atoms with E-state index in [1.54, 1.807) is 36.6 Å². The van der Waals surface area contributed by atoms with Crippen molar-refractivity contribution < 1.29 is 19.1 Å². The highest BCUT2D eigenvalue weighted by molar-refractivity contribution is 7.16. The van der Waals surface area contributed by atoms with Crippen molar-refractivity contribution in [1.82, 2.24) is 9.78 Å². The van der Waals surface area contributed by atoms with Gasteiger partial charge in [0.2, 0.25) is 0 Å². The van der Waals surface area contributed by atoms with Gasteiger partial charge in [-0.25, -0.2) is 4.79 Å². The molecular weight excluding hydrogens is 513 g/mol. The zero-order valence-electron chi connectivity index (χ0n) is 18.6. The number of benzene rings is 2. The van der Waals surface area contributed by atoms with Crippen molar-refractivity contribution in [2.24, 2.45) is 0 Å². The predicted molar refractivity (Wildman–Crippen MR) is 136 cm³/mol. The Hall–Kier alpha value is -3.40. The van der Waals surface area contributed by atoms with Gasteiger partial charge in [-0.3, -0.25) is 9.59 Å². The third-order valence-corrected chi connectivity index (χ3v) is 6.33. The molecule has 0 aliphatic rings. The van der Waals surface area contributed by atoms with E-state index < -0.39 is 17.4 Å². The second-order valence-corrected chi connectivity index (χ2v) is 9.11. The predicted octanol–water partition coefficient (Wildman–Crippen LogP) is 5.26. The van der Waals surface area contributed by atoms with E-state index in [9.17, 15) is 14.4 Å². The number of carbonyl (C=O) groups is 2.